The molecule has 1 heterocycles. The monoisotopic (exact) mass is 343 g/mol. The number of nitrogens with one attached hydrogen (secondary N) is 2. The average Bonchev–Trinajstić information content (AvgIpc) is 2.76. The van der Waals surface area contributed by atoms with Crippen LogP contribution in [0.5, 0.6) is 0 Å². The first-order valence-corrected chi connectivity index (χ1v) is 8.11. The Morgan fingerprint density at radius 1 is 1.37 bits per heavy atom. The molecule has 0 aliphatic carbocycles. The Bertz CT molecular complexity index is 667. The van der Waals surface area contributed by atoms with E-state index in [-0.39, 0.29) is 4.90 Å². The molecule has 5 nitrogen and oxygen atoms in total. The summed E-state index contributed by atoms with van der Waals surface area (Å²) in [6.07, 6.45) is 1.81. The second kappa shape index (κ2) is 5.75. The summed E-state index contributed by atoms with van der Waals surface area (Å²) in [4.78, 5) is 0.196. The molecule has 0 unspecified atom stereocenters. The van der Waals surface area contributed by atoms with Crippen LogP contribution in [-0.2, 0) is 16.4 Å². The van der Waals surface area contributed by atoms with Gasteiger partial charge in [0.25, 0.3) is 10.0 Å². The molecule has 0 aliphatic heterocycles. The molecule has 0 spiro atoms. The van der Waals surface area contributed by atoms with Crippen molar-refractivity contribution in [2.45, 2.75) is 24.7 Å². The predicted molar refractivity (Wildman–Crippen MR) is 77.5 cm³/mol. The molecule has 7 heteroatoms. The van der Waals surface area contributed by atoms with Gasteiger partial charge in [0.05, 0.1) is 4.90 Å². The van der Waals surface area contributed by atoms with Gasteiger partial charge in [-0.25, -0.2) is 8.42 Å². The molecule has 0 atom stereocenters. The number of rotatable bonds is 5. The topological polar surface area (TPSA) is 74.8 Å². The summed E-state index contributed by atoms with van der Waals surface area (Å²) in [5, 5.41) is 6.75. The quantitative estimate of drug-likeness (QED) is 0.876. The van der Waals surface area contributed by atoms with E-state index in [0.29, 0.717) is 10.3 Å². The highest BCUT2D eigenvalue weighted by molar-refractivity contribution is 9.10. The Balaban J connectivity index is 2.21. The Morgan fingerprint density at radius 3 is 2.84 bits per heavy atom. The van der Waals surface area contributed by atoms with Gasteiger partial charge in [-0.05, 0) is 24.6 Å². The van der Waals surface area contributed by atoms with E-state index in [1.807, 2.05) is 6.92 Å². The van der Waals surface area contributed by atoms with Crippen LogP contribution in [0.15, 0.2) is 39.7 Å². The molecule has 2 N–H and O–H groups in total. The van der Waals surface area contributed by atoms with Gasteiger partial charge < -0.3 is 0 Å². The van der Waals surface area contributed by atoms with E-state index in [4.69, 9.17) is 0 Å². The number of aryl methyl sites for hydroxylation is 1. The first-order chi connectivity index (χ1) is 9.01. The van der Waals surface area contributed by atoms with Gasteiger partial charge in [0.15, 0.2) is 5.82 Å². The van der Waals surface area contributed by atoms with Crippen molar-refractivity contribution in [2.75, 3.05) is 4.72 Å². The molecule has 0 aliphatic rings. The van der Waals surface area contributed by atoms with Crippen LogP contribution in [0.2, 0.25) is 0 Å². The first-order valence-electron chi connectivity index (χ1n) is 5.84. The maximum Gasteiger partial charge on any atom is 0.263 e. The second-order valence-electron chi connectivity index (χ2n) is 4.09. The van der Waals surface area contributed by atoms with Gasteiger partial charge in [-0.1, -0.05) is 35.3 Å². The van der Waals surface area contributed by atoms with Crippen LogP contribution >= 0.6 is 15.9 Å². The van der Waals surface area contributed by atoms with Crippen molar-refractivity contribution in [1.29, 1.82) is 0 Å². The van der Waals surface area contributed by atoms with Crippen LogP contribution in [0.1, 0.15) is 19.0 Å². The number of halogens is 1. The number of hydrogen-bond acceptors (Lipinski definition) is 3. The molecule has 0 radical (unpaired) electrons. The number of anilines is 1. The smallest absolute Gasteiger partial charge is 0.263 e. The molecule has 2 aromatic rings. The lowest BCUT2D eigenvalue weighted by atomic mass is 10.2. The van der Waals surface area contributed by atoms with E-state index in [0.717, 1.165) is 18.5 Å². The third kappa shape index (κ3) is 3.57. The number of hydrogen-bond donors (Lipinski definition) is 2. The molecule has 0 saturated carbocycles. The molecule has 0 fully saturated rings. The summed E-state index contributed by atoms with van der Waals surface area (Å²) in [5.41, 5.74) is 0.912. The van der Waals surface area contributed by atoms with Crippen molar-refractivity contribution in [1.82, 2.24) is 10.2 Å². The number of aromatic nitrogens is 2. The fourth-order valence-electron chi connectivity index (χ4n) is 1.64. The Hall–Kier alpha value is -1.34. The number of H-pyrrole nitrogens is 1. The minimum absolute atomic E-state index is 0.196. The summed E-state index contributed by atoms with van der Waals surface area (Å²) >= 11 is 3.25. The van der Waals surface area contributed by atoms with E-state index in [1.54, 1.807) is 24.3 Å². The SMILES string of the molecule is CCCc1cc(NS(=O)(=O)c2cccc(Br)c2)n[nH]1. The van der Waals surface area contributed by atoms with Gasteiger partial charge in [0.1, 0.15) is 0 Å². The summed E-state index contributed by atoms with van der Waals surface area (Å²) < 4.78 is 27.4. The van der Waals surface area contributed by atoms with E-state index in [9.17, 15) is 8.42 Å². The van der Waals surface area contributed by atoms with Gasteiger partial charge in [-0.3, -0.25) is 9.82 Å². The normalized spacial score (nSPS) is 11.5. The third-order valence-corrected chi connectivity index (χ3v) is 4.34. The summed E-state index contributed by atoms with van der Waals surface area (Å²) in [6, 6.07) is 8.23. The molecule has 0 amide bonds. The number of benzene rings is 1. The Morgan fingerprint density at radius 2 is 2.16 bits per heavy atom. The van der Waals surface area contributed by atoms with Gasteiger partial charge in [-0.2, -0.15) is 5.10 Å². The van der Waals surface area contributed by atoms with E-state index in [2.05, 4.69) is 30.8 Å². The summed E-state index contributed by atoms with van der Waals surface area (Å²) in [6.45, 7) is 2.05. The predicted octanol–water partition coefficient (Wildman–Crippen LogP) is 2.93. The van der Waals surface area contributed by atoms with Crippen LogP contribution in [0.4, 0.5) is 5.82 Å². The van der Waals surface area contributed by atoms with Crippen LogP contribution in [0.25, 0.3) is 0 Å². The fourth-order valence-corrected chi connectivity index (χ4v) is 3.23. The van der Waals surface area contributed by atoms with Crippen LogP contribution in [0.3, 0.4) is 0 Å². The average molecular weight is 344 g/mol. The van der Waals surface area contributed by atoms with Crippen LogP contribution in [0, 0.1) is 0 Å². The second-order valence-corrected chi connectivity index (χ2v) is 6.69. The number of sulfonamides is 1. The highest BCUT2D eigenvalue weighted by atomic mass is 79.9. The number of nitrogens with zero attached hydrogens (tertiary/aromatic N) is 1. The molecule has 2 rings (SSSR count). The summed E-state index contributed by atoms with van der Waals surface area (Å²) in [7, 11) is -3.60. The van der Waals surface area contributed by atoms with Crippen LogP contribution < -0.4 is 4.72 Å². The largest absolute Gasteiger partial charge is 0.280 e. The zero-order chi connectivity index (χ0) is 13.9. The highest BCUT2D eigenvalue weighted by Crippen LogP contribution is 2.19. The molecule has 1 aromatic heterocycles. The zero-order valence-corrected chi connectivity index (χ0v) is 12.8. The van der Waals surface area contributed by atoms with Gasteiger partial charge in [0.2, 0.25) is 0 Å². The maximum atomic E-state index is 12.1. The lowest BCUT2D eigenvalue weighted by Crippen LogP contribution is -2.13. The lowest BCUT2D eigenvalue weighted by molar-refractivity contribution is 0.601. The van der Waals surface area contributed by atoms with Crippen LogP contribution in [-0.4, -0.2) is 18.6 Å². The summed E-state index contributed by atoms with van der Waals surface area (Å²) in [5.74, 6) is 0.309. The van der Waals surface area contributed by atoms with Gasteiger partial charge in [-0.15, -0.1) is 0 Å². The highest BCUT2D eigenvalue weighted by Gasteiger charge is 2.15. The molecule has 102 valence electrons. The molecule has 1 aromatic carbocycles. The minimum atomic E-state index is -3.60. The molecular formula is C12H14BrN3O2S. The fraction of sp³-hybridized carbons (Fsp3) is 0.250. The van der Waals surface area contributed by atoms with Crippen molar-refractivity contribution < 1.29 is 8.42 Å². The zero-order valence-electron chi connectivity index (χ0n) is 10.4. The Labute approximate surface area is 120 Å². The molecule has 19 heavy (non-hydrogen) atoms. The van der Waals surface area contributed by atoms with Crippen molar-refractivity contribution in [2.24, 2.45) is 0 Å². The van der Waals surface area contributed by atoms with Gasteiger partial charge >= 0.3 is 0 Å². The van der Waals surface area contributed by atoms with Crippen molar-refractivity contribution in [3.63, 3.8) is 0 Å². The maximum absolute atomic E-state index is 12.1. The molecule has 0 bridgehead atoms. The molecule has 0 saturated heterocycles. The van der Waals surface area contributed by atoms with E-state index in [1.165, 1.54) is 6.07 Å². The molecular weight excluding hydrogens is 330 g/mol. The van der Waals surface area contributed by atoms with Crippen molar-refractivity contribution in [3.05, 3.63) is 40.5 Å². The van der Waals surface area contributed by atoms with E-state index >= 15 is 0 Å². The van der Waals surface area contributed by atoms with E-state index < -0.39 is 10.0 Å². The minimum Gasteiger partial charge on any atom is -0.280 e. The first kappa shape index (κ1) is 14.1. The van der Waals surface area contributed by atoms with Crippen molar-refractivity contribution >= 4 is 31.8 Å². The number of aromatic amines is 1. The lowest BCUT2D eigenvalue weighted by Gasteiger charge is -2.05. The third-order valence-electron chi connectivity index (χ3n) is 2.50. The standard InChI is InChI=1S/C12H14BrN3O2S/c1-2-4-10-8-12(15-14-10)16-19(17,18)11-6-3-5-9(13)7-11/h3,5-8H,2,4H2,1H3,(H2,14,15,16). The van der Waals surface area contributed by atoms with Gasteiger partial charge in [0, 0.05) is 16.2 Å². The Kier molecular flexibility index (Phi) is 4.26. The van der Waals surface area contributed by atoms with Crippen molar-refractivity contribution in [3.8, 4) is 0 Å².